The Morgan fingerprint density at radius 3 is 2.15 bits per heavy atom. The lowest BCUT2D eigenvalue weighted by Gasteiger charge is -2.42. The van der Waals surface area contributed by atoms with Crippen LogP contribution in [0.1, 0.15) is 61.5 Å². The van der Waals surface area contributed by atoms with Crippen LogP contribution in [-0.2, 0) is 9.59 Å². The average Bonchev–Trinajstić information content (AvgIpc) is 3.09. The third-order valence-corrected chi connectivity index (χ3v) is 10.1. The number of likely N-dealkylation sites (tertiary alicyclic amines) is 1. The van der Waals surface area contributed by atoms with Gasteiger partial charge in [0.25, 0.3) is 0 Å². The van der Waals surface area contributed by atoms with Crippen LogP contribution in [0.4, 0.5) is 11.5 Å². The first kappa shape index (κ1) is 29.9. The number of phenols is 1. The molecule has 3 aliphatic heterocycles. The maximum Gasteiger partial charge on any atom is 0.234 e. The Labute approximate surface area is 269 Å². The zero-order valence-corrected chi connectivity index (χ0v) is 25.9. The topological polar surface area (TPSA) is 125 Å². The quantitative estimate of drug-likeness (QED) is 0.244. The normalized spacial score (nSPS) is 20.1. The van der Waals surface area contributed by atoms with Gasteiger partial charge in [-0.1, -0.05) is 48.5 Å². The molecule has 2 amide bonds. The van der Waals surface area contributed by atoms with E-state index in [0.717, 1.165) is 68.6 Å². The molecule has 9 heteroatoms. The van der Waals surface area contributed by atoms with Gasteiger partial charge in [0.1, 0.15) is 5.75 Å². The van der Waals surface area contributed by atoms with Crippen LogP contribution >= 0.6 is 0 Å². The van der Waals surface area contributed by atoms with E-state index in [1.807, 2.05) is 18.2 Å². The van der Waals surface area contributed by atoms with Crippen molar-refractivity contribution in [3.63, 3.8) is 0 Å². The molecule has 4 heterocycles. The van der Waals surface area contributed by atoms with Gasteiger partial charge >= 0.3 is 0 Å². The van der Waals surface area contributed by atoms with E-state index in [0.29, 0.717) is 41.9 Å². The van der Waals surface area contributed by atoms with Crippen molar-refractivity contribution < 1.29 is 14.7 Å². The fourth-order valence-electron chi connectivity index (χ4n) is 7.41. The van der Waals surface area contributed by atoms with Gasteiger partial charge in [0.15, 0.2) is 5.82 Å². The molecule has 0 aliphatic carbocycles. The zero-order chi connectivity index (χ0) is 31.6. The average molecular weight is 617 g/mol. The lowest BCUT2D eigenvalue weighted by Crippen LogP contribution is -2.47. The molecule has 1 atom stereocenters. The summed E-state index contributed by atoms with van der Waals surface area (Å²) in [6, 6.07) is 26.7. The lowest BCUT2D eigenvalue weighted by molar-refractivity contribution is -0.134. The van der Waals surface area contributed by atoms with Crippen molar-refractivity contribution in [2.45, 2.75) is 56.4 Å². The number of nitrogens with two attached hydrogens (primary N) is 1. The molecule has 9 nitrogen and oxygen atoms in total. The molecule has 46 heavy (non-hydrogen) atoms. The number of aromatic nitrogens is 2. The van der Waals surface area contributed by atoms with Crippen LogP contribution in [0.3, 0.4) is 0 Å². The first-order valence-electron chi connectivity index (χ1n) is 16.4. The number of aromatic hydroxyl groups is 1. The number of carbonyl (C=O) groups excluding carboxylic acids is 2. The third-order valence-electron chi connectivity index (χ3n) is 10.1. The molecule has 1 unspecified atom stereocenters. The van der Waals surface area contributed by atoms with Crippen molar-refractivity contribution in [2.75, 3.05) is 36.8 Å². The number of nitrogen functional groups attached to an aromatic ring is 1. The van der Waals surface area contributed by atoms with Crippen LogP contribution in [0, 0.1) is 0 Å². The van der Waals surface area contributed by atoms with Gasteiger partial charge < -0.3 is 20.6 Å². The minimum absolute atomic E-state index is 0.165. The Hall–Kier alpha value is -4.76. The number of amides is 2. The predicted molar refractivity (Wildman–Crippen MR) is 179 cm³/mol. The van der Waals surface area contributed by atoms with E-state index < -0.39 is 0 Å². The molecule has 3 saturated heterocycles. The van der Waals surface area contributed by atoms with Gasteiger partial charge in [0.2, 0.25) is 11.8 Å². The summed E-state index contributed by atoms with van der Waals surface area (Å²) >= 11 is 0. The van der Waals surface area contributed by atoms with Gasteiger partial charge in [0, 0.05) is 42.4 Å². The molecule has 3 aromatic carbocycles. The maximum absolute atomic E-state index is 12.3. The number of imide groups is 1. The SMILES string of the molecule is Nc1nnc(-c2ccccc2O)cc1-c1ccc(C2CCN(C3CCN(c4ccc(C5CCC(=O)NC5=O)cc4)CC3)CC2)cc1. The van der Waals surface area contributed by atoms with Crippen molar-refractivity contribution >= 4 is 23.3 Å². The molecule has 0 spiro atoms. The van der Waals surface area contributed by atoms with E-state index in [9.17, 15) is 14.7 Å². The van der Waals surface area contributed by atoms with E-state index in [1.165, 1.54) is 11.3 Å². The second kappa shape index (κ2) is 12.9. The number of para-hydroxylation sites is 1. The van der Waals surface area contributed by atoms with E-state index in [-0.39, 0.29) is 23.5 Å². The van der Waals surface area contributed by atoms with Crippen LogP contribution in [0.2, 0.25) is 0 Å². The number of benzene rings is 3. The molecule has 4 aromatic rings. The largest absolute Gasteiger partial charge is 0.507 e. The first-order valence-corrected chi connectivity index (χ1v) is 16.4. The van der Waals surface area contributed by atoms with Gasteiger partial charge in [-0.2, -0.15) is 0 Å². The van der Waals surface area contributed by atoms with Crippen molar-refractivity contribution in [1.82, 2.24) is 20.4 Å². The number of nitrogens with zero attached hydrogens (tertiary/aromatic N) is 4. The van der Waals surface area contributed by atoms with Crippen LogP contribution < -0.4 is 16.0 Å². The number of nitrogens with one attached hydrogen (secondary N) is 1. The number of anilines is 2. The molecule has 1 aromatic heterocycles. The van der Waals surface area contributed by atoms with Crippen molar-refractivity contribution in [3.8, 4) is 28.1 Å². The molecular formula is C37H40N6O3. The highest BCUT2D eigenvalue weighted by Gasteiger charge is 2.30. The summed E-state index contributed by atoms with van der Waals surface area (Å²) in [6.45, 7) is 4.29. The maximum atomic E-state index is 12.3. The Balaban J connectivity index is 0.918. The molecular weight excluding hydrogens is 576 g/mol. The molecule has 3 fully saturated rings. The summed E-state index contributed by atoms with van der Waals surface area (Å²) in [5.74, 6) is 0.483. The van der Waals surface area contributed by atoms with E-state index in [1.54, 1.807) is 12.1 Å². The van der Waals surface area contributed by atoms with Gasteiger partial charge in [0.05, 0.1) is 11.6 Å². The Morgan fingerprint density at radius 1 is 0.761 bits per heavy atom. The van der Waals surface area contributed by atoms with Gasteiger partial charge in [-0.25, -0.2) is 0 Å². The summed E-state index contributed by atoms with van der Waals surface area (Å²) in [7, 11) is 0. The number of piperidine rings is 3. The fraction of sp³-hybridized carbons (Fsp3) is 0.351. The summed E-state index contributed by atoms with van der Waals surface area (Å²) < 4.78 is 0. The number of carbonyl (C=O) groups is 2. The second-order valence-corrected chi connectivity index (χ2v) is 12.8. The molecule has 236 valence electrons. The van der Waals surface area contributed by atoms with Gasteiger partial charge in [-0.15, -0.1) is 10.2 Å². The molecule has 0 saturated carbocycles. The van der Waals surface area contributed by atoms with Crippen LogP contribution in [0.25, 0.3) is 22.4 Å². The van der Waals surface area contributed by atoms with E-state index >= 15 is 0 Å². The summed E-state index contributed by atoms with van der Waals surface area (Å²) in [6.07, 6.45) is 5.59. The van der Waals surface area contributed by atoms with Crippen LogP contribution in [-0.4, -0.2) is 64.2 Å². The Kier molecular flexibility index (Phi) is 8.41. The standard InChI is InChI=1S/C37H40N6O3/c38-36-32(23-33(40-41-36)31-3-1-2-4-34(31)44)27-7-5-24(6-8-27)25-15-19-42(20-16-25)29-17-21-43(22-18-29)28-11-9-26(10-12-28)30-13-14-35(45)39-37(30)46/h1-12,23,25,29-30,44H,13-22H2,(H2,38,41)(H,39,45,46). The van der Waals surface area contributed by atoms with Crippen molar-refractivity contribution in [2.24, 2.45) is 0 Å². The third kappa shape index (κ3) is 6.20. The molecule has 0 radical (unpaired) electrons. The highest BCUT2D eigenvalue weighted by molar-refractivity contribution is 6.01. The van der Waals surface area contributed by atoms with E-state index in [4.69, 9.17) is 5.73 Å². The monoisotopic (exact) mass is 616 g/mol. The molecule has 0 bridgehead atoms. The van der Waals surface area contributed by atoms with E-state index in [2.05, 4.69) is 73.8 Å². The van der Waals surface area contributed by atoms with Crippen molar-refractivity contribution in [1.29, 1.82) is 0 Å². The molecule has 7 rings (SSSR count). The fourth-order valence-corrected chi connectivity index (χ4v) is 7.41. The molecule has 3 aliphatic rings. The number of hydrogen-bond acceptors (Lipinski definition) is 8. The number of hydrogen-bond donors (Lipinski definition) is 3. The van der Waals surface area contributed by atoms with Crippen LogP contribution in [0.5, 0.6) is 5.75 Å². The highest BCUT2D eigenvalue weighted by Crippen LogP contribution is 2.35. The van der Waals surface area contributed by atoms with Gasteiger partial charge in [-0.05, 0) is 98.1 Å². The summed E-state index contributed by atoms with van der Waals surface area (Å²) in [5, 5.41) is 21.1. The Morgan fingerprint density at radius 2 is 1.46 bits per heavy atom. The zero-order valence-electron chi connectivity index (χ0n) is 25.9. The summed E-state index contributed by atoms with van der Waals surface area (Å²) in [5.41, 5.74) is 12.8. The Bertz CT molecular complexity index is 1710. The summed E-state index contributed by atoms with van der Waals surface area (Å²) in [4.78, 5) is 28.9. The lowest BCUT2D eigenvalue weighted by atomic mass is 9.87. The number of rotatable bonds is 6. The number of phenolic OH excluding ortho intramolecular Hbond substituents is 1. The highest BCUT2D eigenvalue weighted by atomic mass is 16.3. The minimum atomic E-state index is -0.236. The second-order valence-electron chi connectivity index (χ2n) is 12.8. The minimum Gasteiger partial charge on any atom is -0.507 e. The first-order chi connectivity index (χ1) is 22.4. The van der Waals surface area contributed by atoms with Crippen molar-refractivity contribution in [3.05, 3.63) is 90.0 Å². The predicted octanol–water partition coefficient (Wildman–Crippen LogP) is 5.47. The smallest absolute Gasteiger partial charge is 0.234 e. The molecule has 4 N–H and O–H groups in total. The van der Waals surface area contributed by atoms with Gasteiger partial charge in [-0.3, -0.25) is 14.9 Å². The van der Waals surface area contributed by atoms with Crippen LogP contribution in [0.15, 0.2) is 78.9 Å².